The first-order valence-corrected chi connectivity index (χ1v) is 5.96. The molecule has 0 saturated heterocycles. The molecule has 0 amide bonds. The van der Waals surface area contributed by atoms with Gasteiger partial charge in [-0.15, -0.1) is 0 Å². The number of unbranched alkanes of at least 4 members (excludes halogenated alkanes) is 1. The molecule has 0 heterocycles. The van der Waals surface area contributed by atoms with Crippen molar-refractivity contribution in [1.82, 2.24) is 0 Å². The van der Waals surface area contributed by atoms with E-state index in [4.69, 9.17) is 28.3 Å². The quantitative estimate of drug-likeness (QED) is 0.639. The van der Waals surface area contributed by atoms with Gasteiger partial charge in [-0.1, -0.05) is 29.3 Å². The van der Waals surface area contributed by atoms with Crippen molar-refractivity contribution in [3.05, 3.63) is 33.8 Å². The molecule has 0 radical (unpaired) electrons. The standard InChI is InChI=1S/C12H12Cl2O3/c13-9-6-5-8(10(14)7-9)3-1-2-4-11(15)12(16)17/h5-7H,1-4H2,(H,16,17). The Bertz CT molecular complexity index is 430. The minimum Gasteiger partial charge on any atom is -0.476 e. The third-order valence-electron chi connectivity index (χ3n) is 2.35. The lowest BCUT2D eigenvalue weighted by Crippen LogP contribution is -2.11. The SMILES string of the molecule is O=C(O)C(=O)CCCCc1ccc(Cl)cc1Cl. The maximum absolute atomic E-state index is 10.8. The molecular formula is C12H12Cl2O3. The van der Waals surface area contributed by atoms with Crippen LogP contribution in [0.25, 0.3) is 0 Å². The summed E-state index contributed by atoms with van der Waals surface area (Å²) < 4.78 is 0. The van der Waals surface area contributed by atoms with Gasteiger partial charge in [0.05, 0.1) is 0 Å². The largest absolute Gasteiger partial charge is 0.476 e. The van der Waals surface area contributed by atoms with Gasteiger partial charge in [-0.3, -0.25) is 4.79 Å². The van der Waals surface area contributed by atoms with Crippen molar-refractivity contribution in [1.29, 1.82) is 0 Å². The highest BCUT2D eigenvalue weighted by Gasteiger charge is 2.10. The fraction of sp³-hybridized carbons (Fsp3) is 0.333. The number of carbonyl (C=O) groups excluding carboxylic acids is 1. The predicted octanol–water partition coefficient (Wildman–Crippen LogP) is 3.36. The van der Waals surface area contributed by atoms with Crippen molar-refractivity contribution >= 4 is 35.0 Å². The highest BCUT2D eigenvalue weighted by molar-refractivity contribution is 6.35. The molecule has 0 fully saturated rings. The van der Waals surface area contributed by atoms with Gasteiger partial charge in [-0.2, -0.15) is 0 Å². The summed E-state index contributed by atoms with van der Waals surface area (Å²) in [5.41, 5.74) is 0.957. The summed E-state index contributed by atoms with van der Waals surface area (Å²) in [5, 5.41) is 9.57. The lowest BCUT2D eigenvalue weighted by atomic mass is 10.1. The number of ketones is 1. The second-order valence-electron chi connectivity index (χ2n) is 3.67. The summed E-state index contributed by atoms with van der Waals surface area (Å²) in [6.45, 7) is 0. The molecular weight excluding hydrogens is 263 g/mol. The van der Waals surface area contributed by atoms with Gasteiger partial charge < -0.3 is 5.11 Å². The fourth-order valence-corrected chi connectivity index (χ4v) is 1.94. The molecule has 0 spiro atoms. The van der Waals surface area contributed by atoms with Gasteiger partial charge in [0, 0.05) is 16.5 Å². The number of hydrogen-bond acceptors (Lipinski definition) is 2. The third kappa shape index (κ3) is 4.75. The van der Waals surface area contributed by atoms with Crippen molar-refractivity contribution in [3.8, 4) is 0 Å². The van der Waals surface area contributed by atoms with Gasteiger partial charge in [-0.25, -0.2) is 4.79 Å². The van der Waals surface area contributed by atoms with Crippen molar-refractivity contribution in [3.63, 3.8) is 0 Å². The van der Waals surface area contributed by atoms with E-state index in [1.165, 1.54) is 0 Å². The van der Waals surface area contributed by atoms with Crippen LogP contribution in [0.3, 0.4) is 0 Å². The van der Waals surface area contributed by atoms with Crippen LogP contribution in [0.15, 0.2) is 18.2 Å². The van der Waals surface area contributed by atoms with Crippen LogP contribution in [-0.4, -0.2) is 16.9 Å². The number of aryl methyl sites for hydroxylation is 1. The molecule has 1 aromatic carbocycles. The maximum Gasteiger partial charge on any atom is 0.372 e. The molecule has 0 unspecified atom stereocenters. The Hall–Kier alpha value is -1.06. The molecule has 0 aliphatic heterocycles. The molecule has 1 rings (SSSR count). The summed E-state index contributed by atoms with van der Waals surface area (Å²) in [4.78, 5) is 21.1. The second-order valence-corrected chi connectivity index (χ2v) is 4.51. The van der Waals surface area contributed by atoms with Crippen LogP contribution < -0.4 is 0 Å². The minimum atomic E-state index is -1.37. The Morgan fingerprint density at radius 3 is 2.47 bits per heavy atom. The summed E-state index contributed by atoms with van der Waals surface area (Å²) in [6.07, 6.45) is 2.05. The zero-order valence-electron chi connectivity index (χ0n) is 9.08. The molecule has 5 heteroatoms. The van der Waals surface area contributed by atoms with Gasteiger partial charge in [0.2, 0.25) is 5.78 Å². The number of hydrogen-bond donors (Lipinski definition) is 1. The van der Waals surface area contributed by atoms with Crippen molar-refractivity contribution in [2.75, 3.05) is 0 Å². The van der Waals surface area contributed by atoms with E-state index in [1.807, 2.05) is 6.07 Å². The van der Waals surface area contributed by atoms with E-state index in [0.29, 0.717) is 22.9 Å². The van der Waals surface area contributed by atoms with Crippen LogP contribution in [0.5, 0.6) is 0 Å². The first-order chi connectivity index (χ1) is 8.00. The van der Waals surface area contributed by atoms with Crippen LogP contribution in [0.1, 0.15) is 24.8 Å². The van der Waals surface area contributed by atoms with Crippen LogP contribution >= 0.6 is 23.2 Å². The topological polar surface area (TPSA) is 54.4 Å². The Balaban J connectivity index is 2.36. The number of aliphatic carboxylic acids is 1. The molecule has 92 valence electrons. The van der Waals surface area contributed by atoms with Gasteiger partial charge in [0.25, 0.3) is 0 Å². The van der Waals surface area contributed by atoms with E-state index in [-0.39, 0.29) is 6.42 Å². The highest BCUT2D eigenvalue weighted by atomic mass is 35.5. The average Bonchev–Trinajstić information content (AvgIpc) is 2.26. The lowest BCUT2D eigenvalue weighted by Gasteiger charge is -2.04. The zero-order chi connectivity index (χ0) is 12.8. The van der Waals surface area contributed by atoms with E-state index in [2.05, 4.69) is 0 Å². The highest BCUT2D eigenvalue weighted by Crippen LogP contribution is 2.22. The van der Waals surface area contributed by atoms with Crippen LogP contribution in [0.2, 0.25) is 10.0 Å². The van der Waals surface area contributed by atoms with Crippen molar-refractivity contribution in [2.24, 2.45) is 0 Å². The number of carbonyl (C=O) groups is 2. The Morgan fingerprint density at radius 2 is 1.88 bits per heavy atom. The van der Waals surface area contributed by atoms with Gasteiger partial charge in [-0.05, 0) is 37.0 Å². The monoisotopic (exact) mass is 274 g/mol. The zero-order valence-corrected chi connectivity index (χ0v) is 10.6. The van der Waals surface area contributed by atoms with Crippen molar-refractivity contribution in [2.45, 2.75) is 25.7 Å². The second kappa shape index (κ2) is 6.62. The molecule has 0 atom stereocenters. The normalized spacial score (nSPS) is 10.2. The van der Waals surface area contributed by atoms with E-state index in [9.17, 15) is 9.59 Å². The predicted molar refractivity (Wildman–Crippen MR) is 66.7 cm³/mol. The number of carboxylic acid groups (broad SMARTS) is 1. The number of carboxylic acids is 1. The molecule has 0 bridgehead atoms. The molecule has 0 aliphatic carbocycles. The molecule has 0 saturated carbocycles. The Morgan fingerprint density at radius 1 is 1.18 bits per heavy atom. The average molecular weight is 275 g/mol. The Kier molecular flexibility index (Phi) is 5.45. The van der Waals surface area contributed by atoms with Crippen molar-refractivity contribution < 1.29 is 14.7 Å². The van der Waals surface area contributed by atoms with E-state index < -0.39 is 11.8 Å². The van der Waals surface area contributed by atoms with E-state index >= 15 is 0 Å². The summed E-state index contributed by atoms with van der Waals surface area (Å²) >= 11 is 11.7. The number of benzene rings is 1. The van der Waals surface area contributed by atoms with E-state index in [0.717, 1.165) is 12.0 Å². The lowest BCUT2D eigenvalue weighted by molar-refractivity contribution is -0.149. The van der Waals surface area contributed by atoms with Gasteiger partial charge in [0.1, 0.15) is 0 Å². The molecule has 0 aromatic heterocycles. The minimum absolute atomic E-state index is 0.0700. The smallest absolute Gasteiger partial charge is 0.372 e. The molecule has 3 nitrogen and oxygen atoms in total. The third-order valence-corrected chi connectivity index (χ3v) is 2.94. The summed E-state index contributed by atoms with van der Waals surface area (Å²) in [7, 11) is 0. The maximum atomic E-state index is 10.8. The fourth-order valence-electron chi connectivity index (χ4n) is 1.43. The van der Waals surface area contributed by atoms with Gasteiger partial charge >= 0.3 is 5.97 Å². The van der Waals surface area contributed by atoms with Crippen LogP contribution in [0.4, 0.5) is 0 Å². The van der Waals surface area contributed by atoms with Crippen LogP contribution in [0, 0.1) is 0 Å². The molecule has 1 aromatic rings. The summed E-state index contributed by atoms with van der Waals surface area (Å²) in [6, 6.07) is 5.26. The first kappa shape index (κ1) is 14.0. The number of rotatable bonds is 6. The molecule has 1 N–H and O–H groups in total. The molecule has 17 heavy (non-hydrogen) atoms. The number of Topliss-reactive ketones (excluding diaryl/α,β-unsaturated/α-hetero) is 1. The van der Waals surface area contributed by atoms with Gasteiger partial charge in [0.15, 0.2) is 0 Å². The van der Waals surface area contributed by atoms with Crippen LogP contribution in [-0.2, 0) is 16.0 Å². The summed E-state index contributed by atoms with van der Waals surface area (Å²) in [5.74, 6) is -2.11. The Labute approximate surface area is 109 Å². The molecule has 0 aliphatic rings. The number of halogens is 2. The first-order valence-electron chi connectivity index (χ1n) is 5.20. The van der Waals surface area contributed by atoms with E-state index in [1.54, 1.807) is 12.1 Å².